The average Bonchev–Trinajstić information content (AvgIpc) is 3.32. The van der Waals surface area contributed by atoms with Gasteiger partial charge in [-0.3, -0.25) is 4.98 Å². The summed E-state index contributed by atoms with van der Waals surface area (Å²) in [6.07, 6.45) is 7.12. The van der Waals surface area contributed by atoms with E-state index in [2.05, 4.69) is 33.2 Å². The van der Waals surface area contributed by atoms with Crippen LogP contribution in [0.15, 0.2) is 61.2 Å². The Morgan fingerprint density at radius 3 is 2.59 bits per heavy atom. The monoisotopic (exact) mass is 387 g/mol. The number of rotatable bonds is 3. The van der Waals surface area contributed by atoms with E-state index in [1.54, 1.807) is 41.3 Å². The van der Waals surface area contributed by atoms with Crippen LogP contribution in [0.5, 0.6) is 0 Å². The van der Waals surface area contributed by atoms with Crippen LogP contribution in [0.3, 0.4) is 0 Å². The number of thiophene rings is 1. The molecule has 5 nitrogen and oxygen atoms in total. The van der Waals surface area contributed by atoms with Crippen LogP contribution in [0.2, 0.25) is 0 Å². The van der Waals surface area contributed by atoms with Gasteiger partial charge in [0.15, 0.2) is 5.82 Å². The maximum atomic E-state index is 4.88. The molecule has 5 aromatic heterocycles. The first kappa shape index (κ1) is 16.2. The van der Waals surface area contributed by atoms with Gasteiger partial charge in [-0.1, -0.05) is 0 Å². The van der Waals surface area contributed by atoms with Gasteiger partial charge in [-0.05, 0) is 43.3 Å². The second kappa shape index (κ2) is 6.61. The lowest BCUT2D eigenvalue weighted by atomic mass is 10.2. The lowest BCUT2D eigenvalue weighted by molar-refractivity contribution is 1.19. The van der Waals surface area contributed by atoms with E-state index in [9.17, 15) is 0 Å². The van der Waals surface area contributed by atoms with Gasteiger partial charge in [0.25, 0.3) is 0 Å². The predicted molar refractivity (Wildman–Crippen MR) is 110 cm³/mol. The standard InChI is InChI=1S/C20H13N5S2/c1-12-17(27-20(24-12)14-4-2-7-21-11-14)15-6-5-13-10-16(26-19(13)25-15)18-22-8-3-9-23-18/h2-11H,1H3. The minimum atomic E-state index is 0.731. The fourth-order valence-electron chi connectivity index (χ4n) is 2.83. The van der Waals surface area contributed by atoms with Crippen molar-refractivity contribution in [2.24, 2.45) is 0 Å². The largest absolute Gasteiger partial charge is 0.264 e. The Balaban J connectivity index is 1.57. The molecule has 0 fully saturated rings. The molecule has 0 aliphatic heterocycles. The van der Waals surface area contributed by atoms with Gasteiger partial charge in [-0.15, -0.1) is 22.7 Å². The molecule has 7 heteroatoms. The van der Waals surface area contributed by atoms with Crippen LogP contribution in [0, 0.1) is 6.92 Å². The van der Waals surface area contributed by atoms with Crippen LogP contribution < -0.4 is 0 Å². The highest BCUT2D eigenvalue weighted by Crippen LogP contribution is 2.37. The summed E-state index contributed by atoms with van der Waals surface area (Å²) in [5.41, 5.74) is 2.95. The number of thiazole rings is 1. The highest BCUT2D eigenvalue weighted by atomic mass is 32.1. The Bertz CT molecular complexity index is 1230. The van der Waals surface area contributed by atoms with E-state index in [0.29, 0.717) is 0 Å². The molecule has 0 saturated carbocycles. The number of pyridine rings is 2. The fourth-order valence-corrected chi connectivity index (χ4v) is 4.83. The smallest absolute Gasteiger partial charge is 0.169 e. The summed E-state index contributed by atoms with van der Waals surface area (Å²) in [7, 11) is 0. The first-order chi connectivity index (χ1) is 13.3. The van der Waals surface area contributed by atoms with Crippen molar-refractivity contribution in [3.8, 4) is 31.8 Å². The first-order valence-electron chi connectivity index (χ1n) is 8.34. The lowest BCUT2D eigenvalue weighted by Crippen LogP contribution is -1.82. The Labute approximate surface area is 163 Å². The van der Waals surface area contributed by atoms with E-state index in [1.165, 1.54) is 0 Å². The topological polar surface area (TPSA) is 64.5 Å². The first-order valence-corrected chi connectivity index (χ1v) is 9.97. The highest BCUT2D eigenvalue weighted by molar-refractivity contribution is 7.21. The van der Waals surface area contributed by atoms with Crippen molar-refractivity contribution < 1.29 is 0 Å². The van der Waals surface area contributed by atoms with Crippen molar-refractivity contribution in [1.29, 1.82) is 0 Å². The van der Waals surface area contributed by atoms with E-state index in [0.717, 1.165) is 47.8 Å². The molecule has 0 bridgehead atoms. The van der Waals surface area contributed by atoms with Crippen LogP contribution >= 0.6 is 22.7 Å². The van der Waals surface area contributed by atoms with Gasteiger partial charge in [0.1, 0.15) is 9.84 Å². The summed E-state index contributed by atoms with van der Waals surface area (Å²) >= 11 is 3.25. The molecule has 0 spiro atoms. The van der Waals surface area contributed by atoms with Crippen LogP contribution in [0.25, 0.3) is 42.1 Å². The number of aromatic nitrogens is 5. The zero-order chi connectivity index (χ0) is 18.2. The molecular weight excluding hydrogens is 374 g/mol. The molecule has 0 unspecified atom stereocenters. The molecule has 5 rings (SSSR count). The Hall–Kier alpha value is -3.03. The summed E-state index contributed by atoms with van der Waals surface area (Å²) in [5, 5.41) is 2.06. The number of aryl methyl sites for hydroxylation is 1. The molecule has 130 valence electrons. The van der Waals surface area contributed by atoms with Gasteiger partial charge in [-0.25, -0.2) is 19.9 Å². The molecule has 0 aromatic carbocycles. The second-order valence-corrected chi connectivity index (χ2v) is 7.98. The molecule has 0 saturated heterocycles. The molecule has 27 heavy (non-hydrogen) atoms. The third kappa shape index (κ3) is 3.01. The minimum absolute atomic E-state index is 0.731. The SMILES string of the molecule is Cc1nc(-c2cccnc2)sc1-c1ccc2cc(-c3ncccn3)sc2n1. The van der Waals surface area contributed by atoms with Gasteiger partial charge in [0, 0.05) is 35.7 Å². The molecule has 0 radical (unpaired) electrons. The van der Waals surface area contributed by atoms with Gasteiger partial charge < -0.3 is 0 Å². The maximum Gasteiger partial charge on any atom is 0.169 e. The van der Waals surface area contributed by atoms with E-state index in [1.807, 2.05) is 31.3 Å². The molecular formula is C20H13N5S2. The quantitative estimate of drug-likeness (QED) is 0.423. The average molecular weight is 387 g/mol. The minimum Gasteiger partial charge on any atom is -0.264 e. The third-order valence-electron chi connectivity index (χ3n) is 4.11. The van der Waals surface area contributed by atoms with E-state index in [4.69, 9.17) is 9.97 Å². The van der Waals surface area contributed by atoms with Crippen molar-refractivity contribution >= 4 is 32.9 Å². The molecule has 0 atom stereocenters. The summed E-state index contributed by atoms with van der Waals surface area (Å²) in [6.45, 7) is 2.02. The third-order valence-corrected chi connectivity index (χ3v) is 6.38. The number of fused-ring (bicyclic) bond motifs is 1. The van der Waals surface area contributed by atoms with Crippen molar-refractivity contribution in [3.05, 3.63) is 66.9 Å². The maximum absolute atomic E-state index is 4.88. The van der Waals surface area contributed by atoms with Crippen LogP contribution in [-0.2, 0) is 0 Å². The predicted octanol–water partition coefficient (Wildman–Crippen LogP) is 5.25. The van der Waals surface area contributed by atoms with Crippen molar-refractivity contribution in [2.45, 2.75) is 6.92 Å². The number of hydrogen-bond acceptors (Lipinski definition) is 7. The van der Waals surface area contributed by atoms with E-state index in [-0.39, 0.29) is 0 Å². The van der Waals surface area contributed by atoms with E-state index < -0.39 is 0 Å². The fraction of sp³-hybridized carbons (Fsp3) is 0.0500. The molecule has 5 heterocycles. The Morgan fingerprint density at radius 2 is 1.78 bits per heavy atom. The van der Waals surface area contributed by atoms with E-state index >= 15 is 0 Å². The van der Waals surface area contributed by atoms with Crippen molar-refractivity contribution in [2.75, 3.05) is 0 Å². The zero-order valence-electron chi connectivity index (χ0n) is 14.3. The normalized spacial score (nSPS) is 11.1. The molecule has 0 amide bonds. The summed E-state index contributed by atoms with van der Waals surface area (Å²) in [6, 6.07) is 12.0. The zero-order valence-corrected chi connectivity index (χ0v) is 16.0. The summed E-state index contributed by atoms with van der Waals surface area (Å²) in [5.74, 6) is 0.731. The van der Waals surface area contributed by atoms with Gasteiger partial charge in [0.05, 0.1) is 21.1 Å². The highest BCUT2D eigenvalue weighted by Gasteiger charge is 2.14. The number of nitrogens with zero attached hydrogens (tertiary/aromatic N) is 5. The summed E-state index contributed by atoms with van der Waals surface area (Å²) in [4.78, 5) is 25.5. The van der Waals surface area contributed by atoms with Gasteiger partial charge >= 0.3 is 0 Å². The second-order valence-electron chi connectivity index (χ2n) is 5.95. The molecule has 0 N–H and O–H groups in total. The van der Waals surface area contributed by atoms with Gasteiger partial charge in [0.2, 0.25) is 0 Å². The van der Waals surface area contributed by atoms with Crippen molar-refractivity contribution in [3.63, 3.8) is 0 Å². The van der Waals surface area contributed by atoms with Crippen molar-refractivity contribution in [1.82, 2.24) is 24.9 Å². The Morgan fingerprint density at radius 1 is 0.889 bits per heavy atom. The lowest BCUT2D eigenvalue weighted by Gasteiger charge is -1.97. The molecule has 0 aliphatic carbocycles. The van der Waals surface area contributed by atoms with Gasteiger partial charge in [-0.2, -0.15) is 0 Å². The number of hydrogen-bond donors (Lipinski definition) is 0. The molecule has 5 aromatic rings. The molecule has 0 aliphatic rings. The van der Waals surface area contributed by atoms with Crippen LogP contribution in [-0.4, -0.2) is 24.9 Å². The summed E-state index contributed by atoms with van der Waals surface area (Å²) < 4.78 is 0. The Kier molecular flexibility index (Phi) is 3.95. The van der Waals surface area contributed by atoms with Crippen LogP contribution in [0.4, 0.5) is 0 Å². The van der Waals surface area contributed by atoms with Crippen LogP contribution in [0.1, 0.15) is 5.69 Å².